The average Bonchev–Trinajstić information content (AvgIpc) is 3.42. The molecule has 6 rings (SSSR count). The first-order valence-corrected chi connectivity index (χ1v) is 14.5. The molecule has 0 N–H and O–H groups in total. The molecule has 2 heterocycles. The van der Waals surface area contributed by atoms with Crippen molar-refractivity contribution in [1.29, 1.82) is 0 Å². The molecule has 0 amide bonds. The molecule has 4 aromatic carbocycles. The second-order valence-electron chi connectivity index (χ2n) is 10.0. The first-order chi connectivity index (χ1) is 18.5. The van der Waals surface area contributed by atoms with Gasteiger partial charge < -0.3 is 9.64 Å². The Morgan fingerprint density at radius 1 is 0.789 bits per heavy atom. The van der Waals surface area contributed by atoms with Gasteiger partial charge in [0.15, 0.2) is 0 Å². The molecule has 190 valence electrons. The van der Waals surface area contributed by atoms with Crippen LogP contribution in [0.5, 0.6) is 5.75 Å². The van der Waals surface area contributed by atoms with Crippen LogP contribution in [-0.4, -0.2) is 20.4 Å². The molecular weight excluding hydrogens is 487 g/mol. The molecule has 0 saturated carbocycles. The molecule has 0 spiro atoms. The zero-order chi connectivity index (χ0) is 26.3. The monoisotopic (exact) mass is 518 g/mol. The van der Waals surface area contributed by atoms with Gasteiger partial charge in [-0.1, -0.05) is 92.7 Å². The van der Waals surface area contributed by atoms with E-state index in [0.717, 1.165) is 27.7 Å². The number of hydrogen-bond donors (Lipinski definition) is 0. The summed E-state index contributed by atoms with van der Waals surface area (Å²) in [5.41, 5.74) is 5.32. The van der Waals surface area contributed by atoms with Crippen LogP contribution in [-0.2, 0) is 5.41 Å². The molecule has 2 aliphatic heterocycles. The van der Waals surface area contributed by atoms with Crippen LogP contribution in [0.1, 0.15) is 19.4 Å². The molecule has 2 aliphatic rings. The van der Waals surface area contributed by atoms with Gasteiger partial charge in [0, 0.05) is 29.2 Å². The second kappa shape index (κ2) is 9.34. The van der Waals surface area contributed by atoms with Crippen LogP contribution in [0.4, 0.5) is 17.1 Å². The Balaban J connectivity index is 1.76. The summed E-state index contributed by atoms with van der Waals surface area (Å²) in [5, 5.41) is 7.39. The fourth-order valence-corrected chi connectivity index (χ4v) is 9.41. The van der Waals surface area contributed by atoms with E-state index in [1.54, 1.807) is 7.11 Å². The zero-order valence-electron chi connectivity index (χ0n) is 22.1. The van der Waals surface area contributed by atoms with Crippen molar-refractivity contribution in [3.8, 4) is 5.75 Å². The van der Waals surface area contributed by atoms with Crippen LogP contribution in [0.25, 0.3) is 0 Å². The fourth-order valence-electron chi connectivity index (χ4n) is 5.73. The molecule has 5 nitrogen and oxygen atoms in total. The number of benzene rings is 4. The van der Waals surface area contributed by atoms with Crippen LogP contribution in [0.3, 0.4) is 0 Å². The molecule has 0 aromatic heterocycles. The van der Waals surface area contributed by atoms with Crippen LogP contribution < -0.4 is 19.7 Å². The molecule has 4 aromatic rings. The summed E-state index contributed by atoms with van der Waals surface area (Å²) >= 11 is 0. The van der Waals surface area contributed by atoms with Gasteiger partial charge in [-0.15, -0.1) is 0 Å². The van der Waals surface area contributed by atoms with Crippen LogP contribution in [0, 0.1) is 0 Å². The van der Waals surface area contributed by atoms with Crippen molar-refractivity contribution < 1.29 is 4.74 Å². The number of hydrazone groups is 1. The topological polar surface area (TPSA) is 40.4 Å². The predicted octanol–water partition coefficient (Wildman–Crippen LogP) is 7.91. The summed E-state index contributed by atoms with van der Waals surface area (Å²) in [5.74, 6) is 0.745. The van der Waals surface area contributed by atoms with Crippen LogP contribution in [0.2, 0.25) is 0 Å². The molecule has 1 unspecified atom stereocenters. The van der Waals surface area contributed by atoms with E-state index < -0.39 is 7.21 Å². The lowest BCUT2D eigenvalue weighted by molar-refractivity contribution is 0.416. The van der Waals surface area contributed by atoms with E-state index in [2.05, 4.69) is 109 Å². The molecule has 38 heavy (non-hydrogen) atoms. The number of rotatable bonds is 4. The Bertz CT molecular complexity index is 1610. The maximum Gasteiger partial charge on any atom is 0.144 e. The number of para-hydroxylation sites is 3. The lowest BCUT2D eigenvalue weighted by Crippen LogP contribution is -2.27. The highest BCUT2D eigenvalue weighted by Crippen LogP contribution is 2.68. The smallest absolute Gasteiger partial charge is 0.144 e. The highest BCUT2D eigenvalue weighted by molar-refractivity contribution is 7.80. The van der Waals surface area contributed by atoms with Crippen molar-refractivity contribution in [2.75, 3.05) is 23.8 Å². The quantitative estimate of drug-likeness (QED) is 0.258. The maximum absolute atomic E-state index is 5.79. The third-order valence-electron chi connectivity index (χ3n) is 7.45. The number of methoxy groups -OCH3 is 1. The van der Waals surface area contributed by atoms with Crippen molar-refractivity contribution in [3.63, 3.8) is 0 Å². The second-order valence-corrected chi connectivity index (χ2v) is 12.8. The maximum atomic E-state index is 5.79. The molecule has 0 fully saturated rings. The predicted molar refractivity (Wildman–Crippen MR) is 160 cm³/mol. The van der Waals surface area contributed by atoms with Gasteiger partial charge in [0.2, 0.25) is 0 Å². The van der Waals surface area contributed by atoms with E-state index in [4.69, 9.17) is 14.6 Å². The van der Waals surface area contributed by atoms with Crippen LogP contribution in [0.15, 0.2) is 130 Å². The minimum Gasteiger partial charge on any atom is -0.494 e. The fraction of sp³-hybridized carbons (Fsp3) is 0.156. The molecule has 6 heteroatoms. The van der Waals surface area contributed by atoms with Gasteiger partial charge in [0.05, 0.1) is 24.3 Å². The molecule has 0 saturated heterocycles. The number of likely N-dealkylation sites (N-methyl/N-ethyl adjacent to an activating group) is 1. The number of ether oxygens (including phenoxy) is 1. The Kier molecular flexibility index (Phi) is 5.97. The van der Waals surface area contributed by atoms with Crippen molar-refractivity contribution in [2.24, 2.45) is 9.85 Å². The molecule has 0 aliphatic carbocycles. The molecule has 0 bridgehead atoms. The van der Waals surface area contributed by atoms with Gasteiger partial charge in [0.1, 0.15) is 18.6 Å². The Hall–Kier alpha value is -4.08. The van der Waals surface area contributed by atoms with Gasteiger partial charge in [-0.05, 0) is 35.9 Å². The summed E-state index contributed by atoms with van der Waals surface area (Å²) < 4.78 is 13.6. The lowest BCUT2D eigenvalue weighted by atomic mass is 9.84. The Morgan fingerprint density at radius 3 is 2.13 bits per heavy atom. The normalized spacial score (nSPS) is 21.5. The number of nitrogens with zero attached hydrogens (tertiary/aromatic N) is 4. The van der Waals surface area contributed by atoms with Crippen molar-refractivity contribution in [1.82, 2.24) is 0 Å². The average molecular weight is 519 g/mol. The lowest BCUT2D eigenvalue weighted by Gasteiger charge is -2.35. The largest absolute Gasteiger partial charge is 0.494 e. The van der Waals surface area contributed by atoms with Crippen molar-refractivity contribution in [2.45, 2.75) is 19.3 Å². The van der Waals surface area contributed by atoms with Crippen molar-refractivity contribution in [3.05, 3.63) is 126 Å². The summed E-state index contributed by atoms with van der Waals surface area (Å²) in [6.45, 7) is 4.61. The van der Waals surface area contributed by atoms with Crippen LogP contribution >= 0.6 is 7.21 Å². The van der Waals surface area contributed by atoms with Gasteiger partial charge in [-0.25, -0.2) is 9.52 Å². The van der Waals surface area contributed by atoms with Gasteiger partial charge in [0.25, 0.3) is 0 Å². The standard InChI is InChI=1S/C32H31N4OP/c1-32(2)26-19-11-13-21-28(26)35(3)31(32)30-23-33-36(24-15-7-5-8-16-24)38(30,25-17-9-6-10-18-25)34-27-20-12-14-22-29(27)37-4/h5-23H,1-4H3. The first-order valence-electron chi connectivity index (χ1n) is 12.8. The summed E-state index contributed by atoms with van der Waals surface area (Å²) in [6.07, 6.45) is 2.05. The minimum absolute atomic E-state index is 0.240. The summed E-state index contributed by atoms with van der Waals surface area (Å²) in [4.78, 5) is 2.33. The molecular formula is C32H31N4OP. The van der Waals surface area contributed by atoms with Crippen molar-refractivity contribution >= 4 is 35.8 Å². The van der Waals surface area contributed by atoms with Gasteiger partial charge in [-0.2, -0.15) is 5.10 Å². The zero-order valence-corrected chi connectivity index (χ0v) is 23.0. The van der Waals surface area contributed by atoms with E-state index in [1.807, 2.05) is 36.5 Å². The SMILES string of the molecule is COc1ccccc1N=P1(c2ccccc2)C(=C2N(C)c3ccccc3C2(C)C)C=NN1c1ccccc1. The Morgan fingerprint density at radius 2 is 1.42 bits per heavy atom. The number of anilines is 2. The summed E-state index contributed by atoms with van der Waals surface area (Å²) in [7, 11) is 1.16. The number of hydrogen-bond acceptors (Lipinski definition) is 4. The van der Waals surface area contributed by atoms with E-state index in [9.17, 15) is 0 Å². The number of allylic oxidation sites excluding steroid dienone is 2. The number of fused-ring (bicyclic) bond motifs is 1. The van der Waals surface area contributed by atoms with Gasteiger partial charge in [-0.3, -0.25) is 0 Å². The highest BCUT2D eigenvalue weighted by Gasteiger charge is 2.47. The molecule has 1 atom stereocenters. The third kappa shape index (κ3) is 3.61. The van der Waals surface area contributed by atoms with E-state index in [1.165, 1.54) is 16.9 Å². The van der Waals surface area contributed by atoms with E-state index in [-0.39, 0.29) is 5.41 Å². The Labute approximate surface area is 224 Å². The van der Waals surface area contributed by atoms with Gasteiger partial charge >= 0.3 is 0 Å². The van der Waals surface area contributed by atoms with E-state index in [0.29, 0.717) is 0 Å². The first kappa shape index (κ1) is 24.3. The third-order valence-corrected chi connectivity index (χ3v) is 10.9. The highest BCUT2D eigenvalue weighted by atomic mass is 31.2. The van der Waals surface area contributed by atoms with E-state index >= 15 is 0 Å². The minimum atomic E-state index is -2.70. The summed E-state index contributed by atoms with van der Waals surface area (Å²) in [6, 6.07) is 37.7. The molecule has 0 radical (unpaired) electrons.